The Morgan fingerprint density at radius 3 is 2.96 bits per heavy atom. The number of rotatable bonds is 4. The number of hydrogen-bond donors (Lipinski definition) is 1. The van der Waals surface area contributed by atoms with Crippen LogP contribution in [-0.2, 0) is 6.42 Å². The molecule has 1 aromatic heterocycles. The molecule has 1 atom stereocenters. The third kappa shape index (κ3) is 3.09. The molecule has 2 heterocycles. The lowest BCUT2D eigenvalue weighted by Gasteiger charge is -2.38. The summed E-state index contributed by atoms with van der Waals surface area (Å²) in [5, 5.41) is 3.06. The maximum absolute atomic E-state index is 12.6. The van der Waals surface area contributed by atoms with Gasteiger partial charge in [0, 0.05) is 18.4 Å². The van der Waals surface area contributed by atoms with E-state index in [-0.39, 0.29) is 17.6 Å². The van der Waals surface area contributed by atoms with E-state index >= 15 is 0 Å². The fourth-order valence-corrected chi connectivity index (χ4v) is 3.02. The van der Waals surface area contributed by atoms with Crippen molar-refractivity contribution in [1.82, 2.24) is 10.3 Å². The molecule has 24 heavy (non-hydrogen) atoms. The number of ether oxygens (including phenoxy) is 2. The molecule has 1 aliphatic heterocycles. The lowest BCUT2D eigenvalue weighted by atomic mass is 9.89. The maximum Gasteiger partial charge on any atom is 0.274 e. The van der Waals surface area contributed by atoms with Crippen LogP contribution in [0.4, 0.5) is 0 Å². The minimum absolute atomic E-state index is 0.187. The first kappa shape index (κ1) is 16.4. The molecule has 0 saturated heterocycles. The Balaban J connectivity index is 1.91. The van der Waals surface area contributed by atoms with Gasteiger partial charge in [-0.15, -0.1) is 0 Å². The Morgan fingerprint density at radius 2 is 2.25 bits per heavy atom. The van der Waals surface area contributed by atoms with Crippen LogP contribution < -0.4 is 14.8 Å². The van der Waals surface area contributed by atoms with Gasteiger partial charge in [0.15, 0.2) is 12.1 Å². The zero-order valence-electron chi connectivity index (χ0n) is 14.4. The number of nitrogens with zero attached hydrogens (tertiary/aromatic N) is 1. The van der Waals surface area contributed by atoms with Crippen LogP contribution in [0, 0.1) is 0 Å². The second-order valence-corrected chi connectivity index (χ2v) is 6.47. The largest absolute Gasteiger partial charge is 0.497 e. The summed E-state index contributed by atoms with van der Waals surface area (Å²) < 4.78 is 16.6. The zero-order valence-corrected chi connectivity index (χ0v) is 14.4. The maximum atomic E-state index is 12.6. The highest BCUT2D eigenvalue weighted by atomic mass is 16.5. The van der Waals surface area contributed by atoms with E-state index in [1.165, 1.54) is 6.39 Å². The number of carbonyl (C=O) groups excluding carboxylic acids is 1. The van der Waals surface area contributed by atoms with Gasteiger partial charge in [-0.05, 0) is 32.0 Å². The van der Waals surface area contributed by atoms with Crippen LogP contribution in [0.3, 0.4) is 0 Å². The lowest BCUT2D eigenvalue weighted by Crippen LogP contribution is -2.41. The molecule has 1 aliphatic rings. The van der Waals surface area contributed by atoms with Crippen LogP contribution in [0.15, 0.2) is 29.0 Å². The van der Waals surface area contributed by atoms with Gasteiger partial charge in [0.2, 0.25) is 0 Å². The molecule has 6 heteroatoms. The molecule has 0 saturated carbocycles. The van der Waals surface area contributed by atoms with Crippen LogP contribution in [0.25, 0.3) is 0 Å². The topological polar surface area (TPSA) is 73.6 Å². The van der Waals surface area contributed by atoms with Crippen molar-refractivity contribution in [3.05, 3.63) is 41.6 Å². The Hall–Kier alpha value is -2.50. The standard InChI is InChI=1S/C18H22N2O4/c1-5-14-16(19-10-23-14)17(21)20-13-9-18(2,3)24-15-7-6-11(22-4)8-12(13)15/h6-8,10,13H,5,9H2,1-4H3,(H,20,21)/t13-/m0/s1. The summed E-state index contributed by atoms with van der Waals surface area (Å²) in [7, 11) is 1.62. The van der Waals surface area contributed by atoms with Gasteiger partial charge in [-0.1, -0.05) is 6.92 Å². The SMILES string of the molecule is CCc1ocnc1C(=O)N[C@H]1CC(C)(C)Oc2ccc(OC)cc21. The number of amides is 1. The van der Waals surface area contributed by atoms with Crippen molar-refractivity contribution in [2.75, 3.05) is 7.11 Å². The number of methoxy groups -OCH3 is 1. The van der Waals surface area contributed by atoms with E-state index in [1.807, 2.05) is 39.0 Å². The fourth-order valence-electron chi connectivity index (χ4n) is 3.02. The van der Waals surface area contributed by atoms with Crippen molar-refractivity contribution >= 4 is 5.91 Å². The molecule has 0 spiro atoms. The summed E-state index contributed by atoms with van der Waals surface area (Å²) in [6, 6.07) is 5.44. The number of nitrogens with one attached hydrogen (secondary N) is 1. The van der Waals surface area contributed by atoms with Crippen LogP contribution in [-0.4, -0.2) is 23.6 Å². The Kier molecular flexibility index (Phi) is 4.22. The molecule has 0 aliphatic carbocycles. The minimum Gasteiger partial charge on any atom is -0.497 e. The zero-order chi connectivity index (χ0) is 17.3. The highest BCUT2D eigenvalue weighted by Crippen LogP contribution is 2.41. The second kappa shape index (κ2) is 6.19. The number of hydrogen-bond acceptors (Lipinski definition) is 5. The van der Waals surface area contributed by atoms with Gasteiger partial charge in [0.25, 0.3) is 5.91 Å². The summed E-state index contributed by atoms with van der Waals surface area (Å²) >= 11 is 0. The summed E-state index contributed by atoms with van der Waals surface area (Å²) in [5.74, 6) is 1.84. The number of carbonyl (C=O) groups is 1. The minimum atomic E-state index is -0.378. The summed E-state index contributed by atoms with van der Waals surface area (Å²) in [4.78, 5) is 16.7. The molecule has 6 nitrogen and oxygen atoms in total. The predicted molar refractivity (Wildman–Crippen MR) is 88.4 cm³/mol. The first-order chi connectivity index (χ1) is 11.4. The van der Waals surface area contributed by atoms with Crippen molar-refractivity contribution in [1.29, 1.82) is 0 Å². The smallest absolute Gasteiger partial charge is 0.274 e. The molecule has 2 aromatic rings. The lowest BCUT2D eigenvalue weighted by molar-refractivity contribution is 0.0616. The van der Waals surface area contributed by atoms with Crippen molar-refractivity contribution in [3.63, 3.8) is 0 Å². The number of aryl methyl sites for hydroxylation is 1. The number of aromatic nitrogens is 1. The quantitative estimate of drug-likeness (QED) is 0.931. The second-order valence-electron chi connectivity index (χ2n) is 6.47. The van der Waals surface area contributed by atoms with Crippen molar-refractivity contribution in [3.8, 4) is 11.5 Å². The Labute approximate surface area is 141 Å². The highest BCUT2D eigenvalue weighted by molar-refractivity contribution is 5.93. The van der Waals surface area contributed by atoms with Crippen LogP contribution in [0.2, 0.25) is 0 Å². The Bertz CT molecular complexity index is 751. The number of benzene rings is 1. The van der Waals surface area contributed by atoms with Crippen molar-refractivity contribution in [2.24, 2.45) is 0 Å². The molecule has 128 valence electrons. The number of fused-ring (bicyclic) bond motifs is 1. The molecule has 0 bridgehead atoms. The van der Waals surface area contributed by atoms with E-state index < -0.39 is 0 Å². The van der Waals surface area contributed by atoms with Gasteiger partial charge in [-0.3, -0.25) is 4.79 Å². The molecular weight excluding hydrogens is 308 g/mol. The number of oxazole rings is 1. The molecule has 0 radical (unpaired) electrons. The molecule has 1 amide bonds. The van der Waals surface area contributed by atoms with E-state index in [1.54, 1.807) is 7.11 Å². The third-order valence-electron chi connectivity index (χ3n) is 4.16. The highest BCUT2D eigenvalue weighted by Gasteiger charge is 2.35. The van der Waals surface area contributed by atoms with Gasteiger partial charge < -0.3 is 19.2 Å². The average Bonchev–Trinajstić information content (AvgIpc) is 3.02. The normalized spacial score (nSPS) is 18.4. The van der Waals surface area contributed by atoms with Gasteiger partial charge >= 0.3 is 0 Å². The van der Waals surface area contributed by atoms with Gasteiger partial charge in [-0.25, -0.2) is 4.98 Å². The van der Waals surface area contributed by atoms with E-state index in [0.29, 0.717) is 24.3 Å². The first-order valence-electron chi connectivity index (χ1n) is 8.03. The molecule has 3 rings (SSSR count). The van der Waals surface area contributed by atoms with Gasteiger partial charge in [0.05, 0.1) is 13.2 Å². The van der Waals surface area contributed by atoms with E-state index in [2.05, 4.69) is 10.3 Å². The van der Waals surface area contributed by atoms with E-state index in [0.717, 1.165) is 17.1 Å². The summed E-state index contributed by atoms with van der Waals surface area (Å²) in [6.45, 7) is 5.94. The summed E-state index contributed by atoms with van der Waals surface area (Å²) in [5.41, 5.74) is 0.867. The molecule has 1 N–H and O–H groups in total. The fraction of sp³-hybridized carbons (Fsp3) is 0.444. The Morgan fingerprint density at radius 1 is 1.46 bits per heavy atom. The van der Waals surface area contributed by atoms with Crippen LogP contribution >= 0.6 is 0 Å². The van der Waals surface area contributed by atoms with Crippen LogP contribution in [0.5, 0.6) is 11.5 Å². The van der Waals surface area contributed by atoms with Crippen molar-refractivity contribution in [2.45, 2.75) is 45.3 Å². The average molecular weight is 330 g/mol. The van der Waals surface area contributed by atoms with Crippen molar-refractivity contribution < 1.29 is 18.7 Å². The molecular formula is C18H22N2O4. The first-order valence-corrected chi connectivity index (χ1v) is 8.03. The monoisotopic (exact) mass is 330 g/mol. The third-order valence-corrected chi connectivity index (χ3v) is 4.16. The van der Waals surface area contributed by atoms with Crippen LogP contribution in [0.1, 0.15) is 55.0 Å². The molecule has 1 aromatic carbocycles. The van der Waals surface area contributed by atoms with Gasteiger partial charge in [0.1, 0.15) is 22.9 Å². The van der Waals surface area contributed by atoms with Gasteiger partial charge in [-0.2, -0.15) is 0 Å². The van der Waals surface area contributed by atoms with E-state index in [4.69, 9.17) is 13.9 Å². The molecule has 0 fully saturated rings. The van der Waals surface area contributed by atoms with E-state index in [9.17, 15) is 4.79 Å². The predicted octanol–water partition coefficient (Wildman–Crippen LogP) is 3.28. The summed E-state index contributed by atoms with van der Waals surface area (Å²) in [6.07, 6.45) is 2.57. The molecule has 0 unspecified atom stereocenters.